The number of allylic oxidation sites excluding steroid dienone is 2. The van der Waals surface area contributed by atoms with Crippen LogP contribution in [0.4, 0.5) is 0 Å². The molecule has 0 aromatic rings. The van der Waals surface area contributed by atoms with Crippen LogP contribution in [-0.2, 0) is 14.3 Å². The molecule has 0 saturated heterocycles. The Hall–Kier alpha value is -1.69. The van der Waals surface area contributed by atoms with Gasteiger partial charge in [-0.2, -0.15) is 0 Å². The molecule has 1 atom stereocenters. The van der Waals surface area contributed by atoms with E-state index in [0.717, 1.165) is 12.8 Å². The summed E-state index contributed by atoms with van der Waals surface area (Å²) in [6.45, 7) is 5.56. The molecule has 130 valence electrons. The van der Waals surface area contributed by atoms with Gasteiger partial charge in [-0.3, -0.25) is 14.6 Å². The summed E-state index contributed by atoms with van der Waals surface area (Å²) in [6, 6.07) is 0. The number of ether oxygens (including phenoxy) is 1. The van der Waals surface area contributed by atoms with Crippen LogP contribution in [0.25, 0.3) is 0 Å². The number of aliphatic imine (C=N–C) groups is 1. The maximum Gasteiger partial charge on any atom is 0.317 e. The van der Waals surface area contributed by atoms with Crippen molar-refractivity contribution in [2.45, 2.75) is 46.5 Å². The van der Waals surface area contributed by atoms with Gasteiger partial charge in [0.25, 0.3) is 0 Å². The lowest BCUT2D eigenvalue weighted by atomic mass is 9.67. The van der Waals surface area contributed by atoms with Gasteiger partial charge in [0.05, 0.1) is 25.8 Å². The maximum atomic E-state index is 12.9. The lowest BCUT2D eigenvalue weighted by Crippen LogP contribution is -2.44. The number of esters is 1. The summed E-state index contributed by atoms with van der Waals surface area (Å²) in [7, 11) is 1.25. The Morgan fingerprint density at radius 3 is 2.61 bits per heavy atom. The number of nitrogens with zero attached hydrogens (tertiary/aromatic N) is 1. The molecule has 1 aliphatic carbocycles. The Kier molecular flexibility index (Phi) is 6.94. The summed E-state index contributed by atoms with van der Waals surface area (Å²) >= 11 is 0. The lowest BCUT2D eigenvalue weighted by molar-refractivity contribution is -0.154. The van der Waals surface area contributed by atoms with Crippen molar-refractivity contribution in [3.05, 3.63) is 11.3 Å². The van der Waals surface area contributed by atoms with Crippen LogP contribution < -0.4 is 0 Å². The van der Waals surface area contributed by atoms with Crippen LogP contribution in [0.5, 0.6) is 0 Å². The van der Waals surface area contributed by atoms with E-state index >= 15 is 0 Å². The first-order valence-corrected chi connectivity index (χ1v) is 7.98. The Labute approximate surface area is 137 Å². The van der Waals surface area contributed by atoms with Gasteiger partial charge in [-0.25, -0.2) is 0 Å². The van der Waals surface area contributed by atoms with Crippen molar-refractivity contribution in [1.82, 2.24) is 0 Å². The number of rotatable bonds is 7. The molecule has 6 nitrogen and oxygen atoms in total. The Bertz CT molecular complexity index is 519. The molecule has 0 amide bonds. The minimum Gasteiger partial charge on any atom is -0.511 e. The second kappa shape index (κ2) is 8.24. The smallest absolute Gasteiger partial charge is 0.317 e. The number of Topliss-reactive ketones (excluding diaryl/α,β-unsaturated/α-hetero) is 1. The molecule has 0 fully saturated rings. The van der Waals surface area contributed by atoms with E-state index in [0.29, 0.717) is 12.1 Å². The van der Waals surface area contributed by atoms with Crippen LogP contribution in [0, 0.1) is 11.3 Å². The van der Waals surface area contributed by atoms with Crippen LogP contribution in [0.3, 0.4) is 0 Å². The fraction of sp³-hybridized carbons (Fsp3) is 0.706. The first-order valence-electron chi connectivity index (χ1n) is 7.98. The number of aliphatic hydroxyl groups excluding tert-OH is 2. The van der Waals surface area contributed by atoms with Crippen molar-refractivity contribution in [2.75, 3.05) is 20.3 Å². The number of methoxy groups -OCH3 is 1. The molecule has 23 heavy (non-hydrogen) atoms. The predicted molar refractivity (Wildman–Crippen MR) is 87.5 cm³/mol. The average Bonchev–Trinajstić information content (AvgIpc) is 2.47. The van der Waals surface area contributed by atoms with E-state index in [9.17, 15) is 14.7 Å². The van der Waals surface area contributed by atoms with Crippen molar-refractivity contribution < 1.29 is 24.5 Å². The first kappa shape index (κ1) is 19.4. The molecular weight excluding hydrogens is 298 g/mol. The van der Waals surface area contributed by atoms with Crippen LogP contribution in [-0.4, -0.2) is 47.9 Å². The van der Waals surface area contributed by atoms with Crippen LogP contribution in [0.1, 0.15) is 46.5 Å². The van der Waals surface area contributed by atoms with E-state index in [1.54, 1.807) is 13.8 Å². The largest absolute Gasteiger partial charge is 0.511 e. The molecule has 1 aliphatic rings. The highest BCUT2D eigenvalue weighted by atomic mass is 16.5. The summed E-state index contributed by atoms with van der Waals surface area (Å²) < 4.78 is 4.78. The normalized spacial score (nSPS) is 21.5. The summed E-state index contributed by atoms with van der Waals surface area (Å²) in [4.78, 5) is 29.2. The summed E-state index contributed by atoms with van der Waals surface area (Å²) in [5.74, 6) is -2.03. The predicted octanol–water partition coefficient (Wildman–Crippen LogP) is 2.21. The van der Waals surface area contributed by atoms with E-state index in [1.165, 1.54) is 7.11 Å². The highest BCUT2D eigenvalue weighted by Gasteiger charge is 2.48. The lowest BCUT2D eigenvalue weighted by Gasteiger charge is -2.36. The Morgan fingerprint density at radius 2 is 2.09 bits per heavy atom. The number of carbonyl (C=O) groups excluding carboxylic acids is 2. The van der Waals surface area contributed by atoms with Crippen molar-refractivity contribution >= 4 is 17.5 Å². The fourth-order valence-corrected chi connectivity index (χ4v) is 2.93. The van der Waals surface area contributed by atoms with Gasteiger partial charge in [0.2, 0.25) is 0 Å². The molecule has 2 N–H and O–H groups in total. The Balaban J connectivity index is 3.30. The monoisotopic (exact) mass is 325 g/mol. The minimum absolute atomic E-state index is 0.0343. The molecule has 0 radical (unpaired) electrons. The molecule has 0 bridgehead atoms. The number of ketones is 1. The van der Waals surface area contributed by atoms with Crippen LogP contribution >= 0.6 is 0 Å². The number of aliphatic hydroxyl groups is 2. The highest BCUT2D eigenvalue weighted by molar-refractivity contribution is 6.27. The second-order valence-electron chi connectivity index (χ2n) is 6.46. The van der Waals surface area contributed by atoms with Gasteiger partial charge in [0.1, 0.15) is 11.7 Å². The third-order valence-corrected chi connectivity index (χ3v) is 4.10. The number of hydrogen-bond acceptors (Lipinski definition) is 6. The molecule has 0 heterocycles. The van der Waals surface area contributed by atoms with Crippen molar-refractivity contribution in [2.24, 2.45) is 16.3 Å². The first-order chi connectivity index (χ1) is 10.8. The van der Waals surface area contributed by atoms with E-state index < -0.39 is 23.1 Å². The quantitative estimate of drug-likeness (QED) is 0.425. The van der Waals surface area contributed by atoms with Gasteiger partial charge >= 0.3 is 5.97 Å². The molecule has 6 heteroatoms. The van der Waals surface area contributed by atoms with Gasteiger partial charge in [0.15, 0.2) is 5.78 Å². The molecule has 0 aromatic heterocycles. The number of unbranched alkanes of at least 4 members (excludes halogenated alkanes) is 1. The third-order valence-electron chi connectivity index (χ3n) is 4.10. The molecule has 0 aromatic carbocycles. The van der Waals surface area contributed by atoms with Gasteiger partial charge in [-0.15, -0.1) is 0 Å². The van der Waals surface area contributed by atoms with Gasteiger partial charge in [0, 0.05) is 12.1 Å². The zero-order chi connectivity index (χ0) is 17.6. The molecule has 1 unspecified atom stereocenters. The molecule has 0 saturated carbocycles. The number of carbonyl (C=O) groups is 2. The van der Waals surface area contributed by atoms with E-state index in [1.807, 2.05) is 6.92 Å². The average molecular weight is 325 g/mol. The van der Waals surface area contributed by atoms with Crippen LogP contribution in [0.2, 0.25) is 0 Å². The topological polar surface area (TPSA) is 96.2 Å². The highest BCUT2D eigenvalue weighted by Crippen LogP contribution is 2.42. The maximum absolute atomic E-state index is 12.9. The standard InChI is InChI=1S/C17H27NO5/c1-5-6-7-11(18-8-9-19)13-12(20)10-17(2,3)14(15(13)21)16(22)23-4/h14,19-20H,5-10H2,1-4H3. The van der Waals surface area contributed by atoms with Gasteiger partial charge in [-0.1, -0.05) is 27.2 Å². The molecular formula is C17H27NO5. The second-order valence-corrected chi connectivity index (χ2v) is 6.46. The fourth-order valence-electron chi connectivity index (χ4n) is 2.93. The van der Waals surface area contributed by atoms with Crippen molar-refractivity contribution in [3.63, 3.8) is 0 Å². The van der Waals surface area contributed by atoms with E-state index in [4.69, 9.17) is 9.84 Å². The summed E-state index contributed by atoms with van der Waals surface area (Å²) in [6.07, 6.45) is 2.45. The van der Waals surface area contributed by atoms with Gasteiger partial charge in [-0.05, 0) is 18.3 Å². The van der Waals surface area contributed by atoms with Crippen LogP contribution in [0.15, 0.2) is 16.3 Å². The third kappa shape index (κ3) is 4.41. The van der Waals surface area contributed by atoms with E-state index in [2.05, 4.69) is 4.99 Å². The number of hydrogen-bond donors (Lipinski definition) is 2. The van der Waals surface area contributed by atoms with Gasteiger partial charge < -0.3 is 14.9 Å². The summed E-state index contributed by atoms with van der Waals surface area (Å²) in [5.41, 5.74) is -0.126. The SMILES string of the molecule is CCCCC(=NCCO)C1=C(O)CC(C)(C)C(C(=O)OC)C1=O. The summed E-state index contributed by atoms with van der Waals surface area (Å²) in [5, 5.41) is 19.4. The minimum atomic E-state index is -0.959. The molecule has 0 spiro atoms. The zero-order valence-corrected chi connectivity index (χ0v) is 14.4. The van der Waals surface area contributed by atoms with E-state index in [-0.39, 0.29) is 30.9 Å². The molecule has 0 aliphatic heterocycles. The van der Waals surface area contributed by atoms with Crippen molar-refractivity contribution in [3.8, 4) is 0 Å². The zero-order valence-electron chi connectivity index (χ0n) is 14.4. The Morgan fingerprint density at radius 1 is 1.43 bits per heavy atom. The van der Waals surface area contributed by atoms with Crippen molar-refractivity contribution in [1.29, 1.82) is 0 Å². The molecule has 1 rings (SSSR count).